The molecule has 4 aromatic rings. The topological polar surface area (TPSA) is 48.6 Å². The molecule has 0 unspecified atom stereocenters. The van der Waals surface area contributed by atoms with Crippen LogP contribution in [0, 0.1) is 0 Å². The van der Waals surface area contributed by atoms with Crippen LogP contribution < -0.4 is 5.43 Å². The van der Waals surface area contributed by atoms with E-state index in [1.54, 1.807) is 0 Å². The fourth-order valence-electron chi connectivity index (χ4n) is 2.57. The van der Waals surface area contributed by atoms with Gasteiger partial charge in [0.1, 0.15) is 0 Å². The summed E-state index contributed by atoms with van der Waals surface area (Å²) in [5.41, 5.74) is 1.11. The highest BCUT2D eigenvalue weighted by Crippen LogP contribution is 2.25. The van der Waals surface area contributed by atoms with Crippen LogP contribution in [0.5, 0.6) is 0 Å². The molecule has 18 heavy (non-hydrogen) atoms. The lowest BCUT2D eigenvalue weighted by Gasteiger charge is -2.02. The highest BCUT2D eigenvalue weighted by atomic mass is 16.1. The minimum atomic E-state index is 0.103. The van der Waals surface area contributed by atoms with Gasteiger partial charge in [0.25, 0.3) is 0 Å². The summed E-state index contributed by atoms with van der Waals surface area (Å²) in [6, 6.07) is 13.6. The van der Waals surface area contributed by atoms with Gasteiger partial charge in [0, 0.05) is 22.4 Å². The number of fused-ring (bicyclic) bond motifs is 4. The summed E-state index contributed by atoms with van der Waals surface area (Å²) in [5, 5.41) is 10.6. The van der Waals surface area contributed by atoms with Gasteiger partial charge < -0.3 is 10.2 Å². The number of hydrogen-bond acceptors (Lipinski definition) is 1. The molecule has 1 aromatic heterocycles. The second-order valence-electron chi connectivity index (χ2n) is 4.46. The van der Waals surface area contributed by atoms with Crippen LogP contribution >= 0.6 is 0 Å². The molecule has 0 atom stereocenters. The highest BCUT2D eigenvalue weighted by Gasteiger charge is 2.07. The number of H-pyrrole nitrogens is 2. The van der Waals surface area contributed by atoms with E-state index in [1.807, 2.05) is 42.6 Å². The van der Waals surface area contributed by atoms with Crippen molar-refractivity contribution in [1.29, 1.82) is 0 Å². The quantitative estimate of drug-likeness (QED) is 0.451. The van der Waals surface area contributed by atoms with Crippen molar-refractivity contribution in [3.8, 4) is 0 Å². The Bertz CT molecular complexity index is 947. The third-order valence-corrected chi connectivity index (χ3v) is 3.46. The van der Waals surface area contributed by atoms with E-state index in [2.05, 4.69) is 16.3 Å². The fourth-order valence-corrected chi connectivity index (χ4v) is 2.57. The van der Waals surface area contributed by atoms with E-state index in [9.17, 15) is 4.79 Å². The number of benzene rings is 3. The lowest BCUT2D eigenvalue weighted by Crippen LogP contribution is -2.01. The molecule has 0 saturated heterocycles. The third kappa shape index (κ3) is 1.10. The van der Waals surface area contributed by atoms with Crippen molar-refractivity contribution < 1.29 is 0 Å². The molecular weight excluding hydrogens is 224 g/mol. The van der Waals surface area contributed by atoms with Gasteiger partial charge in [-0.3, -0.25) is 4.79 Å². The monoisotopic (exact) mass is 234 g/mol. The van der Waals surface area contributed by atoms with Gasteiger partial charge in [0.15, 0.2) is 5.43 Å². The van der Waals surface area contributed by atoms with E-state index in [-0.39, 0.29) is 5.43 Å². The normalized spacial score (nSPS) is 11.6. The van der Waals surface area contributed by atoms with Gasteiger partial charge in [-0.1, -0.05) is 24.3 Å². The average Bonchev–Trinajstić information content (AvgIpc) is 2.88. The molecule has 0 bridgehead atoms. The van der Waals surface area contributed by atoms with E-state index < -0.39 is 0 Å². The zero-order valence-electron chi connectivity index (χ0n) is 9.53. The summed E-state index contributed by atoms with van der Waals surface area (Å²) in [4.78, 5) is 12.4. The van der Waals surface area contributed by atoms with Crippen LogP contribution in [0.1, 0.15) is 0 Å². The number of nitrogens with one attached hydrogen (secondary N) is 2. The van der Waals surface area contributed by atoms with E-state index in [1.165, 1.54) is 0 Å². The van der Waals surface area contributed by atoms with Gasteiger partial charge in [-0.15, -0.1) is 0 Å². The smallest absolute Gasteiger partial charge is 0.194 e. The molecule has 0 radical (unpaired) electrons. The lowest BCUT2D eigenvalue weighted by molar-refractivity contribution is 1.12. The zero-order valence-corrected chi connectivity index (χ0v) is 9.53. The Hall–Kier alpha value is -2.55. The van der Waals surface area contributed by atoms with Crippen molar-refractivity contribution in [3.05, 3.63) is 58.9 Å². The Morgan fingerprint density at radius 3 is 2.67 bits per heavy atom. The summed E-state index contributed by atoms with van der Waals surface area (Å²) < 4.78 is 0. The average molecular weight is 234 g/mol. The van der Waals surface area contributed by atoms with Gasteiger partial charge in [0.05, 0.1) is 5.52 Å². The van der Waals surface area contributed by atoms with Crippen LogP contribution in [0.4, 0.5) is 0 Å². The van der Waals surface area contributed by atoms with Crippen molar-refractivity contribution in [3.63, 3.8) is 0 Å². The van der Waals surface area contributed by atoms with Crippen molar-refractivity contribution in [1.82, 2.24) is 10.2 Å². The minimum absolute atomic E-state index is 0.103. The Morgan fingerprint density at radius 1 is 0.833 bits per heavy atom. The predicted molar refractivity (Wildman–Crippen MR) is 73.9 cm³/mol. The molecule has 86 valence electrons. The Morgan fingerprint density at radius 2 is 1.72 bits per heavy atom. The third-order valence-electron chi connectivity index (χ3n) is 3.46. The first-order valence-corrected chi connectivity index (χ1v) is 5.85. The number of aromatic amines is 2. The molecule has 4 rings (SSSR count). The first kappa shape index (κ1) is 9.48. The van der Waals surface area contributed by atoms with Crippen LogP contribution in [0.15, 0.2) is 53.5 Å². The van der Waals surface area contributed by atoms with Gasteiger partial charge in [-0.05, 0) is 29.0 Å². The van der Waals surface area contributed by atoms with E-state index in [0.717, 1.165) is 32.4 Å². The first-order chi connectivity index (χ1) is 8.84. The van der Waals surface area contributed by atoms with Gasteiger partial charge >= 0.3 is 0 Å². The van der Waals surface area contributed by atoms with Crippen molar-refractivity contribution in [2.75, 3.05) is 0 Å². The summed E-state index contributed by atoms with van der Waals surface area (Å²) in [6.45, 7) is 0. The van der Waals surface area contributed by atoms with Gasteiger partial charge in [0.2, 0.25) is 0 Å². The largest absolute Gasteiger partial charge is 0.307 e. The molecule has 3 aromatic carbocycles. The minimum Gasteiger partial charge on any atom is -0.307 e. The van der Waals surface area contributed by atoms with E-state index in [4.69, 9.17) is 0 Å². The molecule has 3 nitrogen and oxygen atoms in total. The molecular formula is C15H10N2O. The maximum atomic E-state index is 12.4. The Kier molecular flexibility index (Phi) is 1.70. The highest BCUT2D eigenvalue weighted by molar-refractivity contribution is 6.10. The van der Waals surface area contributed by atoms with E-state index >= 15 is 0 Å². The maximum absolute atomic E-state index is 12.4. The maximum Gasteiger partial charge on any atom is 0.194 e. The number of rotatable bonds is 0. The summed E-state index contributed by atoms with van der Waals surface area (Å²) in [7, 11) is 0. The van der Waals surface area contributed by atoms with Crippen LogP contribution in [-0.4, -0.2) is 10.2 Å². The molecule has 0 aliphatic rings. The molecule has 0 fully saturated rings. The van der Waals surface area contributed by atoms with Gasteiger partial charge in [-0.25, -0.2) is 0 Å². The lowest BCUT2D eigenvalue weighted by atomic mass is 10.0. The molecule has 0 aliphatic heterocycles. The molecule has 0 saturated carbocycles. The molecule has 0 spiro atoms. The fraction of sp³-hybridized carbons (Fsp3) is 0. The summed E-state index contributed by atoms with van der Waals surface area (Å²) in [5.74, 6) is 0. The van der Waals surface area contributed by atoms with Crippen LogP contribution in [-0.2, 0) is 0 Å². The number of aromatic nitrogens is 2. The van der Waals surface area contributed by atoms with E-state index in [0.29, 0.717) is 0 Å². The van der Waals surface area contributed by atoms with Crippen molar-refractivity contribution in [2.24, 2.45) is 0 Å². The molecule has 1 heterocycles. The van der Waals surface area contributed by atoms with Gasteiger partial charge in [-0.2, -0.15) is 0 Å². The zero-order chi connectivity index (χ0) is 12.1. The van der Waals surface area contributed by atoms with Crippen LogP contribution in [0.3, 0.4) is 0 Å². The van der Waals surface area contributed by atoms with Crippen LogP contribution in [0.2, 0.25) is 0 Å². The molecule has 3 heteroatoms. The van der Waals surface area contributed by atoms with Crippen molar-refractivity contribution in [2.45, 2.75) is 0 Å². The molecule has 0 aliphatic carbocycles. The van der Waals surface area contributed by atoms with Crippen molar-refractivity contribution >= 4 is 32.4 Å². The second-order valence-corrected chi connectivity index (χ2v) is 4.46. The van der Waals surface area contributed by atoms with Crippen LogP contribution in [0.25, 0.3) is 32.4 Å². The Balaban J connectivity index is 2.38. The summed E-state index contributed by atoms with van der Waals surface area (Å²) in [6.07, 6.45) is 1.89. The second kappa shape index (κ2) is 3.23. The first-order valence-electron chi connectivity index (χ1n) is 5.85. The molecule has 2 N–H and O–H groups in total. The Labute approximate surface area is 102 Å². The molecule has 0 amide bonds. The SMILES string of the molecule is O=c1c2ccccc2cc2c1ccc1[nH][nH]cc12. The predicted octanol–water partition coefficient (Wildman–Crippen LogP) is 3.16. The number of hydrogen-bond donors (Lipinski definition) is 2. The standard InChI is InChI=1S/C15H10N2O/c18-15-10-4-2-1-3-9(10)7-12-11(15)5-6-14-13(12)8-16-17-14/h1-8,16-17H. The summed E-state index contributed by atoms with van der Waals surface area (Å²) >= 11 is 0.